The second-order valence-corrected chi connectivity index (χ2v) is 3.72. The van der Waals surface area contributed by atoms with Crippen molar-refractivity contribution in [2.45, 2.75) is 26.1 Å². The van der Waals surface area contributed by atoms with Crippen LogP contribution in [0, 0.1) is 13.8 Å². The first-order chi connectivity index (χ1) is 7.27. The van der Waals surface area contributed by atoms with E-state index in [4.69, 9.17) is 10.5 Å². The fraction of sp³-hybridized carbons (Fsp3) is 0.455. The number of methoxy groups -OCH3 is 1. The van der Waals surface area contributed by atoms with Crippen LogP contribution in [0.1, 0.15) is 22.7 Å². The molecule has 0 bridgehead atoms. The highest BCUT2D eigenvalue weighted by Gasteiger charge is 2.39. The van der Waals surface area contributed by atoms with Gasteiger partial charge in [0, 0.05) is 5.56 Å². The minimum absolute atomic E-state index is 0.0208. The molecule has 0 fully saturated rings. The lowest BCUT2D eigenvalue weighted by atomic mass is 10.00. The van der Waals surface area contributed by atoms with E-state index < -0.39 is 12.2 Å². The van der Waals surface area contributed by atoms with E-state index in [0.29, 0.717) is 5.56 Å². The zero-order valence-corrected chi connectivity index (χ0v) is 9.35. The van der Waals surface area contributed by atoms with E-state index in [1.165, 1.54) is 13.2 Å². The fourth-order valence-corrected chi connectivity index (χ4v) is 1.67. The van der Waals surface area contributed by atoms with Gasteiger partial charge < -0.3 is 10.5 Å². The Balaban J connectivity index is 3.31. The topological polar surface area (TPSA) is 35.2 Å². The molecule has 0 amide bonds. The van der Waals surface area contributed by atoms with Crippen molar-refractivity contribution in [3.05, 3.63) is 28.8 Å². The molecular weight excluding hydrogens is 219 g/mol. The quantitative estimate of drug-likeness (QED) is 0.852. The first kappa shape index (κ1) is 12.8. The van der Waals surface area contributed by atoms with E-state index in [-0.39, 0.29) is 11.3 Å². The Bertz CT molecular complexity index is 388. The molecule has 0 aliphatic heterocycles. The minimum Gasteiger partial charge on any atom is -0.496 e. The number of hydrogen-bond donors (Lipinski definition) is 1. The van der Waals surface area contributed by atoms with Crippen LogP contribution in [0.15, 0.2) is 12.1 Å². The smallest absolute Gasteiger partial charge is 0.407 e. The highest BCUT2D eigenvalue weighted by Crippen LogP contribution is 2.37. The molecule has 1 aromatic rings. The summed E-state index contributed by atoms with van der Waals surface area (Å²) in [4.78, 5) is 0. The Labute approximate surface area is 92.2 Å². The largest absolute Gasteiger partial charge is 0.496 e. The number of hydrogen-bond acceptors (Lipinski definition) is 2. The van der Waals surface area contributed by atoms with E-state index in [2.05, 4.69) is 0 Å². The second-order valence-electron chi connectivity index (χ2n) is 3.72. The van der Waals surface area contributed by atoms with Crippen LogP contribution >= 0.6 is 0 Å². The minimum atomic E-state index is -4.46. The molecule has 16 heavy (non-hydrogen) atoms. The molecule has 5 heteroatoms. The Hall–Kier alpha value is -1.23. The van der Waals surface area contributed by atoms with Crippen LogP contribution in [0.5, 0.6) is 5.75 Å². The first-order valence-corrected chi connectivity index (χ1v) is 4.74. The van der Waals surface area contributed by atoms with Gasteiger partial charge in [-0.05, 0) is 19.4 Å². The molecule has 0 aliphatic rings. The molecule has 0 aromatic heterocycles. The van der Waals surface area contributed by atoms with E-state index in [1.54, 1.807) is 19.9 Å². The summed E-state index contributed by atoms with van der Waals surface area (Å²) >= 11 is 0. The van der Waals surface area contributed by atoms with Crippen molar-refractivity contribution in [2.24, 2.45) is 5.73 Å². The lowest BCUT2D eigenvalue weighted by molar-refractivity contribution is -0.149. The summed E-state index contributed by atoms with van der Waals surface area (Å²) in [7, 11) is 1.34. The standard InChI is InChI=1S/C11H14F3NO/c1-6-4-7(2)9(16-3)8(5-6)10(15)11(12,13)14/h4-5,10H,15H2,1-3H3/t10-/m0/s1. The Morgan fingerprint density at radius 2 is 1.81 bits per heavy atom. The normalized spacial score (nSPS) is 13.7. The van der Waals surface area contributed by atoms with E-state index in [0.717, 1.165) is 5.56 Å². The van der Waals surface area contributed by atoms with E-state index in [1.807, 2.05) is 0 Å². The molecule has 1 rings (SSSR count). The van der Waals surface area contributed by atoms with Crippen LogP contribution in [0.4, 0.5) is 13.2 Å². The highest BCUT2D eigenvalue weighted by atomic mass is 19.4. The number of alkyl halides is 3. The van der Waals surface area contributed by atoms with Crippen LogP contribution in [0.2, 0.25) is 0 Å². The molecule has 90 valence electrons. The third-order valence-corrected chi connectivity index (χ3v) is 2.34. The van der Waals surface area contributed by atoms with Gasteiger partial charge in [0.05, 0.1) is 7.11 Å². The molecule has 1 aromatic carbocycles. The number of ether oxygens (including phenoxy) is 1. The van der Waals surface area contributed by atoms with Crippen molar-refractivity contribution in [1.29, 1.82) is 0 Å². The molecule has 2 nitrogen and oxygen atoms in total. The zero-order chi connectivity index (χ0) is 12.5. The maximum atomic E-state index is 12.5. The predicted molar refractivity (Wildman–Crippen MR) is 55.5 cm³/mol. The fourth-order valence-electron chi connectivity index (χ4n) is 1.67. The van der Waals surface area contributed by atoms with Crippen molar-refractivity contribution in [3.63, 3.8) is 0 Å². The summed E-state index contributed by atoms with van der Waals surface area (Å²) in [6.45, 7) is 3.41. The third kappa shape index (κ3) is 2.47. The van der Waals surface area contributed by atoms with Gasteiger partial charge in [-0.3, -0.25) is 0 Å². The van der Waals surface area contributed by atoms with Gasteiger partial charge in [0.15, 0.2) is 0 Å². The van der Waals surface area contributed by atoms with Gasteiger partial charge in [-0.25, -0.2) is 0 Å². The van der Waals surface area contributed by atoms with Crippen LogP contribution in [0.3, 0.4) is 0 Å². The summed E-state index contributed by atoms with van der Waals surface area (Å²) < 4.78 is 42.6. The molecular formula is C11H14F3NO. The van der Waals surface area contributed by atoms with Gasteiger partial charge in [0.25, 0.3) is 0 Å². The lowest BCUT2D eigenvalue weighted by Gasteiger charge is -2.20. The van der Waals surface area contributed by atoms with Crippen molar-refractivity contribution >= 4 is 0 Å². The van der Waals surface area contributed by atoms with Gasteiger partial charge in [-0.15, -0.1) is 0 Å². The molecule has 0 unspecified atom stereocenters. The van der Waals surface area contributed by atoms with Gasteiger partial charge in [-0.1, -0.05) is 17.7 Å². The van der Waals surface area contributed by atoms with Crippen molar-refractivity contribution in [3.8, 4) is 5.75 Å². The third-order valence-electron chi connectivity index (χ3n) is 2.34. The molecule has 0 aliphatic carbocycles. The lowest BCUT2D eigenvalue weighted by Crippen LogP contribution is -2.29. The van der Waals surface area contributed by atoms with Crippen LogP contribution in [-0.2, 0) is 0 Å². The molecule has 0 radical (unpaired) electrons. The van der Waals surface area contributed by atoms with Gasteiger partial charge >= 0.3 is 6.18 Å². The van der Waals surface area contributed by atoms with E-state index >= 15 is 0 Å². The number of benzene rings is 1. The Kier molecular flexibility index (Phi) is 3.48. The van der Waals surface area contributed by atoms with Crippen molar-refractivity contribution in [1.82, 2.24) is 0 Å². The zero-order valence-electron chi connectivity index (χ0n) is 9.35. The second kappa shape index (κ2) is 4.33. The van der Waals surface area contributed by atoms with Crippen LogP contribution in [-0.4, -0.2) is 13.3 Å². The maximum Gasteiger partial charge on any atom is 0.407 e. The maximum absolute atomic E-state index is 12.5. The average Bonchev–Trinajstić information content (AvgIpc) is 2.14. The molecule has 0 saturated heterocycles. The molecule has 0 heterocycles. The molecule has 0 saturated carbocycles. The summed E-state index contributed by atoms with van der Waals surface area (Å²) in [6, 6.07) is 1.15. The number of halogens is 3. The molecule has 1 atom stereocenters. The monoisotopic (exact) mass is 233 g/mol. The van der Waals surface area contributed by atoms with Crippen LogP contribution in [0.25, 0.3) is 0 Å². The summed E-state index contributed by atoms with van der Waals surface area (Å²) in [6.07, 6.45) is -4.46. The Morgan fingerprint density at radius 1 is 1.25 bits per heavy atom. The van der Waals surface area contributed by atoms with Crippen LogP contribution < -0.4 is 10.5 Å². The number of rotatable bonds is 2. The number of aryl methyl sites for hydroxylation is 2. The summed E-state index contributed by atoms with van der Waals surface area (Å²) in [5, 5.41) is 0. The Morgan fingerprint density at radius 3 is 2.25 bits per heavy atom. The SMILES string of the molecule is COc1c(C)cc(C)cc1[C@H](N)C(F)(F)F. The highest BCUT2D eigenvalue weighted by molar-refractivity contribution is 5.45. The molecule has 2 N–H and O–H groups in total. The van der Waals surface area contributed by atoms with Gasteiger partial charge in [0.1, 0.15) is 11.8 Å². The average molecular weight is 233 g/mol. The van der Waals surface area contributed by atoms with Gasteiger partial charge in [-0.2, -0.15) is 13.2 Å². The number of nitrogens with two attached hydrogens (primary N) is 1. The summed E-state index contributed by atoms with van der Waals surface area (Å²) in [5.41, 5.74) is 6.54. The van der Waals surface area contributed by atoms with Crippen molar-refractivity contribution in [2.75, 3.05) is 7.11 Å². The molecule has 0 spiro atoms. The summed E-state index contributed by atoms with van der Waals surface area (Å²) in [5.74, 6) is 0.204. The van der Waals surface area contributed by atoms with Gasteiger partial charge in [0.2, 0.25) is 0 Å². The predicted octanol–water partition coefficient (Wildman–Crippen LogP) is 2.87. The van der Waals surface area contributed by atoms with Crippen molar-refractivity contribution < 1.29 is 17.9 Å². The first-order valence-electron chi connectivity index (χ1n) is 4.74. The van der Waals surface area contributed by atoms with E-state index in [9.17, 15) is 13.2 Å².